The first-order valence-electron chi connectivity index (χ1n) is 6.06. The zero-order valence-electron chi connectivity index (χ0n) is 11.2. The summed E-state index contributed by atoms with van der Waals surface area (Å²) >= 11 is 0. The highest BCUT2D eigenvalue weighted by Gasteiger charge is 2.06. The van der Waals surface area contributed by atoms with E-state index in [-0.39, 0.29) is 0 Å². The van der Waals surface area contributed by atoms with Gasteiger partial charge in [0.1, 0.15) is 0 Å². The lowest BCUT2D eigenvalue weighted by atomic mass is 9.94. The number of carboxylic acid groups (broad SMARTS) is 1. The number of carboxylic acids is 1. The van der Waals surface area contributed by atoms with E-state index in [1.54, 1.807) is 0 Å². The Kier molecular flexibility index (Phi) is 7.03. The van der Waals surface area contributed by atoms with E-state index in [0.29, 0.717) is 0 Å². The first-order valence-corrected chi connectivity index (χ1v) is 6.06. The van der Waals surface area contributed by atoms with Crippen molar-refractivity contribution < 1.29 is 9.90 Å². The molecule has 0 saturated carbocycles. The Hall–Kier alpha value is -1.51. The Balaban J connectivity index is 0.000000557. The van der Waals surface area contributed by atoms with Crippen molar-refractivity contribution >= 4 is 11.7 Å². The van der Waals surface area contributed by atoms with Crippen LogP contribution in [0, 0.1) is 0 Å². The molecule has 3 N–H and O–H groups in total. The number of benzene rings is 1. The fourth-order valence-electron chi connectivity index (χ4n) is 1.95. The maximum Gasteiger partial charge on any atom is 0.300 e. The maximum absolute atomic E-state index is 9.00. The second-order valence-electron chi connectivity index (χ2n) is 3.85. The largest absolute Gasteiger partial charge is 0.481 e. The molecule has 0 fully saturated rings. The lowest BCUT2D eigenvalue weighted by Crippen LogP contribution is -2.02. The summed E-state index contributed by atoms with van der Waals surface area (Å²) in [5.41, 5.74) is 11.2. The summed E-state index contributed by atoms with van der Waals surface area (Å²) < 4.78 is 0. The molecule has 96 valence electrons. The molecule has 0 spiro atoms. The molecule has 1 rings (SSSR count). The van der Waals surface area contributed by atoms with Gasteiger partial charge in [0.05, 0.1) is 0 Å². The molecule has 17 heavy (non-hydrogen) atoms. The van der Waals surface area contributed by atoms with Gasteiger partial charge in [-0.3, -0.25) is 4.79 Å². The van der Waals surface area contributed by atoms with Crippen LogP contribution in [0.1, 0.15) is 44.4 Å². The summed E-state index contributed by atoms with van der Waals surface area (Å²) in [4.78, 5) is 9.00. The summed E-state index contributed by atoms with van der Waals surface area (Å²) in [6.45, 7) is 7.65. The third-order valence-electron chi connectivity index (χ3n) is 2.65. The minimum absolute atomic E-state index is 0.833. The zero-order chi connectivity index (χ0) is 13.4. The van der Waals surface area contributed by atoms with Gasteiger partial charge in [0.15, 0.2) is 0 Å². The summed E-state index contributed by atoms with van der Waals surface area (Å²) in [5, 5.41) is 7.42. The minimum atomic E-state index is -0.833. The van der Waals surface area contributed by atoms with Crippen molar-refractivity contribution in [1.29, 1.82) is 0 Å². The Morgan fingerprint density at radius 3 is 1.94 bits per heavy atom. The van der Waals surface area contributed by atoms with Gasteiger partial charge in [0, 0.05) is 12.6 Å². The summed E-state index contributed by atoms with van der Waals surface area (Å²) in [7, 11) is 0. The molecular weight excluding hydrogens is 214 g/mol. The van der Waals surface area contributed by atoms with Crippen LogP contribution in [0.25, 0.3) is 0 Å². The van der Waals surface area contributed by atoms with Crippen molar-refractivity contribution in [3.8, 4) is 0 Å². The number of nitrogen functional groups attached to an aromatic ring is 1. The molecule has 0 heterocycles. The number of rotatable bonds is 3. The molecule has 0 aliphatic carbocycles. The second-order valence-corrected chi connectivity index (χ2v) is 3.85. The number of hydrogen-bond donors (Lipinski definition) is 2. The van der Waals surface area contributed by atoms with Gasteiger partial charge in [-0.1, -0.05) is 26.8 Å². The highest BCUT2D eigenvalue weighted by molar-refractivity contribution is 5.63. The van der Waals surface area contributed by atoms with Crippen molar-refractivity contribution in [2.45, 2.75) is 47.0 Å². The zero-order valence-corrected chi connectivity index (χ0v) is 11.2. The van der Waals surface area contributed by atoms with Crippen LogP contribution >= 0.6 is 0 Å². The number of carbonyl (C=O) groups is 1. The Morgan fingerprint density at radius 1 is 1.12 bits per heavy atom. The smallest absolute Gasteiger partial charge is 0.300 e. The van der Waals surface area contributed by atoms with E-state index in [0.717, 1.165) is 31.9 Å². The van der Waals surface area contributed by atoms with Crippen molar-refractivity contribution in [3.05, 3.63) is 28.8 Å². The number of aliphatic carboxylic acids is 1. The Bertz CT molecular complexity index is 369. The molecule has 0 amide bonds. The summed E-state index contributed by atoms with van der Waals surface area (Å²) in [6, 6.07) is 4.20. The van der Waals surface area contributed by atoms with Gasteiger partial charge >= 0.3 is 0 Å². The second kappa shape index (κ2) is 7.71. The molecule has 0 aliphatic rings. The van der Waals surface area contributed by atoms with E-state index in [2.05, 4.69) is 26.8 Å². The molecule has 3 heteroatoms. The van der Waals surface area contributed by atoms with Gasteiger partial charge in [-0.25, -0.2) is 0 Å². The lowest BCUT2D eigenvalue weighted by Gasteiger charge is -2.13. The molecular formula is C14H23NO2. The summed E-state index contributed by atoms with van der Waals surface area (Å²) in [6.07, 6.45) is 3.25. The number of hydrogen-bond acceptors (Lipinski definition) is 2. The van der Waals surface area contributed by atoms with Crippen LogP contribution in [0.5, 0.6) is 0 Å². The van der Waals surface area contributed by atoms with Crippen LogP contribution in [-0.2, 0) is 24.1 Å². The van der Waals surface area contributed by atoms with E-state index >= 15 is 0 Å². The monoisotopic (exact) mass is 237 g/mol. The van der Waals surface area contributed by atoms with Gasteiger partial charge in [0.25, 0.3) is 5.97 Å². The molecule has 0 atom stereocenters. The van der Waals surface area contributed by atoms with Crippen LogP contribution in [-0.4, -0.2) is 11.1 Å². The maximum atomic E-state index is 9.00. The number of anilines is 1. The SMILES string of the molecule is CC(=O)O.CCc1ccc(N)c(CC)c1CC. The van der Waals surface area contributed by atoms with Crippen LogP contribution in [0.15, 0.2) is 12.1 Å². The molecule has 0 saturated heterocycles. The van der Waals surface area contributed by atoms with Crippen LogP contribution in [0.3, 0.4) is 0 Å². The van der Waals surface area contributed by atoms with Crippen molar-refractivity contribution in [2.75, 3.05) is 5.73 Å². The topological polar surface area (TPSA) is 63.3 Å². The van der Waals surface area contributed by atoms with Gasteiger partial charge in [-0.2, -0.15) is 0 Å². The molecule has 1 aromatic rings. The fourth-order valence-corrected chi connectivity index (χ4v) is 1.95. The van der Waals surface area contributed by atoms with Gasteiger partial charge in [0.2, 0.25) is 0 Å². The van der Waals surface area contributed by atoms with E-state index in [1.807, 2.05) is 6.07 Å². The van der Waals surface area contributed by atoms with E-state index in [1.165, 1.54) is 16.7 Å². The average Bonchev–Trinajstić information content (AvgIpc) is 2.27. The number of nitrogens with two attached hydrogens (primary N) is 1. The highest BCUT2D eigenvalue weighted by Crippen LogP contribution is 2.22. The molecule has 1 aromatic carbocycles. The quantitative estimate of drug-likeness (QED) is 0.794. The normalized spacial score (nSPS) is 9.41. The minimum Gasteiger partial charge on any atom is -0.481 e. The first-order chi connectivity index (χ1) is 7.97. The Labute approximate surface area is 104 Å². The van der Waals surface area contributed by atoms with Crippen molar-refractivity contribution in [2.24, 2.45) is 0 Å². The highest BCUT2D eigenvalue weighted by atomic mass is 16.4. The van der Waals surface area contributed by atoms with Crippen molar-refractivity contribution in [1.82, 2.24) is 0 Å². The van der Waals surface area contributed by atoms with Crippen LogP contribution in [0.2, 0.25) is 0 Å². The predicted molar refractivity (Wildman–Crippen MR) is 72.3 cm³/mol. The lowest BCUT2D eigenvalue weighted by molar-refractivity contribution is -0.134. The third kappa shape index (κ3) is 4.89. The molecule has 0 bridgehead atoms. The van der Waals surface area contributed by atoms with E-state index in [9.17, 15) is 0 Å². The van der Waals surface area contributed by atoms with Crippen molar-refractivity contribution in [3.63, 3.8) is 0 Å². The molecule has 0 aliphatic heterocycles. The molecule has 0 aromatic heterocycles. The van der Waals surface area contributed by atoms with Gasteiger partial charge < -0.3 is 10.8 Å². The van der Waals surface area contributed by atoms with Crippen LogP contribution in [0.4, 0.5) is 5.69 Å². The van der Waals surface area contributed by atoms with Gasteiger partial charge in [-0.15, -0.1) is 0 Å². The molecule has 0 unspecified atom stereocenters. The van der Waals surface area contributed by atoms with E-state index < -0.39 is 5.97 Å². The summed E-state index contributed by atoms with van der Waals surface area (Å²) in [5.74, 6) is -0.833. The van der Waals surface area contributed by atoms with Gasteiger partial charge in [-0.05, 0) is 42.0 Å². The standard InChI is InChI=1S/C12H19N.C2H4O2/c1-4-9-7-8-12(13)11(6-3)10(9)5-2;1-2(3)4/h7-8H,4-6,13H2,1-3H3;1H3,(H,3,4). The number of aryl methyl sites for hydroxylation is 1. The fraction of sp³-hybridized carbons (Fsp3) is 0.500. The first kappa shape index (κ1) is 15.5. The molecule has 3 nitrogen and oxygen atoms in total. The Morgan fingerprint density at radius 2 is 1.59 bits per heavy atom. The van der Waals surface area contributed by atoms with Crippen LogP contribution < -0.4 is 5.73 Å². The van der Waals surface area contributed by atoms with E-state index in [4.69, 9.17) is 15.6 Å². The predicted octanol–water partition coefficient (Wildman–Crippen LogP) is 3.05. The third-order valence-corrected chi connectivity index (χ3v) is 2.65. The average molecular weight is 237 g/mol. The molecule has 0 radical (unpaired) electrons.